The van der Waals surface area contributed by atoms with Gasteiger partial charge < -0.3 is 15.3 Å². The van der Waals surface area contributed by atoms with Crippen LogP contribution in [0.3, 0.4) is 0 Å². The first-order chi connectivity index (χ1) is 10.2. The van der Waals surface area contributed by atoms with E-state index in [0.29, 0.717) is 11.1 Å². The van der Waals surface area contributed by atoms with E-state index in [9.17, 15) is 24.9 Å². The average molecular weight is 322 g/mol. The molecule has 0 spiro atoms. The Hall–Kier alpha value is -1.72. The number of carbonyl (C=O) groups excluding carboxylic acids is 2. The lowest BCUT2D eigenvalue weighted by Crippen LogP contribution is -2.44. The Morgan fingerprint density at radius 2 is 1.48 bits per heavy atom. The van der Waals surface area contributed by atoms with E-state index in [4.69, 9.17) is 0 Å². The summed E-state index contributed by atoms with van der Waals surface area (Å²) in [7, 11) is 0. The maximum Gasteiger partial charge on any atom is 0.173 e. The number of hydrogen-bond acceptors (Lipinski definition) is 5. The van der Waals surface area contributed by atoms with Crippen molar-refractivity contribution in [3.05, 3.63) is 29.3 Å². The van der Waals surface area contributed by atoms with Crippen LogP contribution in [0.25, 0.3) is 0 Å². The lowest BCUT2D eigenvalue weighted by Gasteiger charge is -2.30. The molecule has 0 saturated heterocycles. The van der Waals surface area contributed by atoms with E-state index in [1.807, 2.05) is 0 Å². The Morgan fingerprint density at radius 1 is 0.957 bits per heavy atom. The van der Waals surface area contributed by atoms with Gasteiger partial charge in [0.15, 0.2) is 11.6 Å². The number of aliphatic hydroxyl groups is 2. The van der Waals surface area contributed by atoms with Crippen molar-refractivity contribution in [1.82, 2.24) is 0 Å². The Bertz CT molecular complexity index is 615. The summed E-state index contributed by atoms with van der Waals surface area (Å²) in [6.45, 7) is 8.90. The van der Waals surface area contributed by atoms with Gasteiger partial charge in [-0.25, -0.2) is 0 Å². The molecule has 0 aliphatic carbocycles. The van der Waals surface area contributed by atoms with E-state index in [0.717, 1.165) is 0 Å². The van der Waals surface area contributed by atoms with Crippen molar-refractivity contribution in [2.24, 2.45) is 0 Å². The number of rotatable bonds is 6. The molecule has 0 bridgehead atoms. The molecule has 0 aliphatic heterocycles. The maximum absolute atomic E-state index is 12.4. The third-order valence-corrected chi connectivity index (χ3v) is 3.91. The van der Waals surface area contributed by atoms with E-state index in [1.54, 1.807) is 26.0 Å². The van der Waals surface area contributed by atoms with Crippen LogP contribution in [0.4, 0.5) is 0 Å². The summed E-state index contributed by atoms with van der Waals surface area (Å²) in [5.74, 6) is -0.897. The predicted octanol–water partition coefficient (Wildman–Crippen LogP) is 1.89. The molecule has 128 valence electrons. The van der Waals surface area contributed by atoms with Crippen LogP contribution < -0.4 is 0 Å². The smallest absolute Gasteiger partial charge is 0.173 e. The van der Waals surface area contributed by atoms with Crippen LogP contribution in [-0.4, -0.2) is 38.1 Å². The van der Waals surface area contributed by atoms with Crippen LogP contribution >= 0.6 is 0 Å². The van der Waals surface area contributed by atoms with Crippen molar-refractivity contribution in [3.8, 4) is 5.75 Å². The topological polar surface area (TPSA) is 94.8 Å². The average Bonchev–Trinajstić information content (AvgIpc) is 2.35. The van der Waals surface area contributed by atoms with E-state index in [1.165, 1.54) is 33.8 Å². The number of hydrogen-bond donors (Lipinski definition) is 3. The van der Waals surface area contributed by atoms with Crippen LogP contribution in [0.2, 0.25) is 0 Å². The first-order valence-corrected chi connectivity index (χ1v) is 7.52. The van der Waals surface area contributed by atoms with Crippen LogP contribution in [0.5, 0.6) is 5.75 Å². The highest BCUT2D eigenvalue weighted by Gasteiger charge is 2.40. The van der Waals surface area contributed by atoms with Gasteiger partial charge in [0.2, 0.25) is 0 Å². The molecule has 0 aliphatic rings. The van der Waals surface area contributed by atoms with Crippen molar-refractivity contribution in [2.75, 3.05) is 0 Å². The number of phenols is 1. The Morgan fingerprint density at radius 3 is 1.87 bits per heavy atom. The molecule has 3 N–H and O–H groups in total. The van der Waals surface area contributed by atoms with Gasteiger partial charge in [-0.1, -0.05) is 12.1 Å². The summed E-state index contributed by atoms with van der Waals surface area (Å²) in [6, 6.07) is 4.63. The zero-order valence-electron chi connectivity index (χ0n) is 14.6. The monoisotopic (exact) mass is 322 g/mol. The molecule has 23 heavy (non-hydrogen) atoms. The van der Waals surface area contributed by atoms with E-state index < -0.39 is 22.4 Å². The SMILES string of the molecule is CC(C)(O)C(=O)Cc1ccc(C(C)(C)C(=O)C(C)(C)O)c(O)c1. The third-order valence-electron chi connectivity index (χ3n) is 3.91. The molecule has 0 heterocycles. The minimum absolute atomic E-state index is 0.0167. The van der Waals surface area contributed by atoms with E-state index in [-0.39, 0.29) is 18.0 Å². The van der Waals surface area contributed by atoms with Gasteiger partial charge in [0.05, 0.1) is 5.41 Å². The maximum atomic E-state index is 12.4. The van der Waals surface area contributed by atoms with E-state index in [2.05, 4.69) is 0 Å². The van der Waals surface area contributed by atoms with E-state index >= 15 is 0 Å². The largest absolute Gasteiger partial charge is 0.508 e. The number of ketones is 2. The molecule has 0 radical (unpaired) electrons. The molecule has 1 aromatic carbocycles. The first-order valence-electron chi connectivity index (χ1n) is 7.52. The normalized spacial score (nSPS) is 13.0. The minimum Gasteiger partial charge on any atom is -0.508 e. The summed E-state index contributed by atoms with van der Waals surface area (Å²) in [5.41, 5.74) is -3.12. The van der Waals surface area contributed by atoms with Crippen molar-refractivity contribution < 1.29 is 24.9 Å². The Kier molecular flexibility index (Phi) is 5.09. The fraction of sp³-hybridized carbons (Fsp3) is 0.556. The molecule has 1 rings (SSSR count). The molecule has 0 fully saturated rings. The number of phenolic OH excluding ortho intramolecular Hbond substituents is 1. The second kappa shape index (κ2) is 6.06. The number of carbonyl (C=O) groups is 2. The van der Waals surface area contributed by atoms with Gasteiger partial charge in [-0.2, -0.15) is 0 Å². The summed E-state index contributed by atoms with van der Waals surface area (Å²) >= 11 is 0. The second-order valence-corrected chi connectivity index (χ2v) is 7.52. The quantitative estimate of drug-likeness (QED) is 0.743. The summed E-state index contributed by atoms with van der Waals surface area (Å²) < 4.78 is 0. The molecule has 0 atom stereocenters. The van der Waals surface area contributed by atoms with Gasteiger partial charge in [0.1, 0.15) is 17.0 Å². The first kappa shape index (κ1) is 19.3. The standard InChI is InChI=1S/C18H26O5/c1-16(2,15(21)18(5,6)23)12-8-7-11(9-13(12)19)10-14(20)17(3,4)22/h7-9,19,22-23H,10H2,1-6H3. The highest BCUT2D eigenvalue weighted by atomic mass is 16.3. The highest BCUT2D eigenvalue weighted by Crippen LogP contribution is 2.35. The molecule has 0 aromatic heterocycles. The lowest BCUT2D eigenvalue weighted by molar-refractivity contribution is -0.139. The molecule has 0 unspecified atom stereocenters. The van der Waals surface area contributed by atoms with Crippen LogP contribution in [0, 0.1) is 0 Å². The summed E-state index contributed by atoms with van der Waals surface area (Å²) in [5, 5.41) is 29.9. The van der Waals surface area contributed by atoms with Gasteiger partial charge in [0, 0.05) is 12.0 Å². The third kappa shape index (κ3) is 4.39. The van der Waals surface area contributed by atoms with Crippen molar-refractivity contribution >= 4 is 11.6 Å². The second-order valence-electron chi connectivity index (χ2n) is 7.52. The van der Waals surface area contributed by atoms with Gasteiger partial charge in [0.25, 0.3) is 0 Å². The van der Waals surface area contributed by atoms with Crippen molar-refractivity contribution in [3.63, 3.8) is 0 Å². The molecule has 1 aromatic rings. The molecular weight excluding hydrogens is 296 g/mol. The number of aromatic hydroxyl groups is 1. The Labute approximate surface area is 137 Å². The van der Waals surface area contributed by atoms with Crippen LogP contribution in [-0.2, 0) is 21.4 Å². The summed E-state index contributed by atoms with van der Waals surface area (Å²) in [6.07, 6.45) is -0.0167. The Balaban J connectivity index is 3.15. The van der Waals surface area contributed by atoms with Gasteiger partial charge >= 0.3 is 0 Å². The fourth-order valence-corrected chi connectivity index (χ4v) is 2.50. The fourth-order valence-electron chi connectivity index (χ4n) is 2.50. The van der Waals surface area contributed by atoms with Crippen LogP contribution in [0.15, 0.2) is 18.2 Å². The van der Waals surface area contributed by atoms with Gasteiger partial charge in [-0.05, 0) is 53.2 Å². The molecular formula is C18H26O5. The van der Waals surface area contributed by atoms with Crippen molar-refractivity contribution in [1.29, 1.82) is 0 Å². The molecule has 0 amide bonds. The van der Waals surface area contributed by atoms with Gasteiger partial charge in [-0.15, -0.1) is 0 Å². The molecule has 0 saturated carbocycles. The molecule has 5 heteroatoms. The lowest BCUT2D eigenvalue weighted by atomic mass is 9.74. The minimum atomic E-state index is -1.52. The highest BCUT2D eigenvalue weighted by molar-refractivity contribution is 5.96. The summed E-state index contributed by atoms with van der Waals surface area (Å²) in [4.78, 5) is 24.2. The number of benzene rings is 1. The molecule has 5 nitrogen and oxygen atoms in total. The zero-order chi connectivity index (χ0) is 18.2. The number of Topliss-reactive ketones (excluding diaryl/α,β-unsaturated/α-hetero) is 2. The zero-order valence-corrected chi connectivity index (χ0v) is 14.6. The van der Waals surface area contributed by atoms with Gasteiger partial charge in [-0.3, -0.25) is 9.59 Å². The van der Waals surface area contributed by atoms with Crippen LogP contribution in [0.1, 0.15) is 52.7 Å². The van der Waals surface area contributed by atoms with Crippen molar-refractivity contribution in [2.45, 2.75) is 64.6 Å². The predicted molar refractivity (Wildman–Crippen MR) is 87.4 cm³/mol.